The summed E-state index contributed by atoms with van der Waals surface area (Å²) in [5.41, 5.74) is -0.243. The summed E-state index contributed by atoms with van der Waals surface area (Å²) in [6.45, 7) is 14.5. The van der Waals surface area contributed by atoms with E-state index in [9.17, 15) is 4.79 Å². The first-order valence-electron chi connectivity index (χ1n) is 8.05. The van der Waals surface area contributed by atoms with Gasteiger partial charge in [0.25, 0.3) is 0 Å². The van der Waals surface area contributed by atoms with Crippen molar-refractivity contribution in [3.63, 3.8) is 0 Å². The molecule has 0 saturated carbocycles. The Labute approximate surface area is 148 Å². The van der Waals surface area contributed by atoms with Gasteiger partial charge in [0, 0.05) is 0 Å². The maximum Gasteiger partial charge on any atom is 0.311 e. The van der Waals surface area contributed by atoms with Crippen molar-refractivity contribution in [2.75, 3.05) is 33.3 Å². The maximum atomic E-state index is 12.3. The van der Waals surface area contributed by atoms with E-state index in [4.69, 9.17) is 4.74 Å². The van der Waals surface area contributed by atoms with Crippen LogP contribution in [0.3, 0.4) is 0 Å². The number of piperidine rings is 1. The number of likely N-dealkylation sites (N-methyl/N-ethyl adjacent to an activating group) is 1. The third-order valence-electron chi connectivity index (χ3n) is 4.29. The number of rotatable bonds is 5. The van der Waals surface area contributed by atoms with Crippen LogP contribution in [0, 0.1) is 10.8 Å². The van der Waals surface area contributed by atoms with Crippen molar-refractivity contribution >= 4 is 5.97 Å². The Morgan fingerprint density at radius 3 is 2.05 bits per heavy atom. The predicted molar refractivity (Wildman–Crippen MR) is 83.4 cm³/mol. The van der Waals surface area contributed by atoms with Gasteiger partial charge in [0.05, 0.1) is 25.6 Å². The van der Waals surface area contributed by atoms with Crippen molar-refractivity contribution in [1.29, 1.82) is 0 Å². The summed E-state index contributed by atoms with van der Waals surface area (Å²) < 4.78 is 6.63. The number of carbonyl (C=O) groups excluding carboxylic acids is 1. The maximum absolute atomic E-state index is 12.3. The van der Waals surface area contributed by atoms with Gasteiger partial charge in [-0.2, -0.15) is 0 Å². The molecule has 0 aromatic heterocycles. The third-order valence-corrected chi connectivity index (χ3v) is 4.29. The van der Waals surface area contributed by atoms with Crippen LogP contribution in [0.25, 0.3) is 0 Å². The van der Waals surface area contributed by atoms with Crippen LogP contribution in [0.2, 0.25) is 0 Å². The average Bonchev–Trinajstić information content (AvgIpc) is 2.26. The number of esters is 1. The van der Waals surface area contributed by atoms with Crippen molar-refractivity contribution < 1.29 is 38.0 Å². The van der Waals surface area contributed by atoms with Gasteiger partial charge in [-0.1, -0.05) is 20.8 Å². The lowest BCUT2D eigenvalue weighted by atomic mass is 9.76. The zero-order valence-corrected chi connectivity index (χ0v) is 17.0. The van der Waals surface area contributed by atoms with Gasteiger partial charge in [-0.05, 0) is 44.9 Å². The molecule has 0 amide bonds. The van der Waals surface area contributed by atoms with Crippen molar-refractivity contribution in [3.05, 3.63) is 0 Å². The third kappa shape index (κ3) is 7.82. The molecule has 0 aromatic carbocycles. The SMILES string of the molecule is CC(C)(C)CC(C)(C)C(=O)OCC[N+]1(C)CCCCC1.[I-]. The molecule has 1 rings (SSSR count). The monoisotopic (exact) mass is 411 g/mol. The standard InChI is InChI=1S/C17H34NO2.HI/c1-16(2,3)14-17(4,5)15(19)20-13-12-18(6)10-8-7-9-11-18;/h7-14H2,1-6H3;1H/q+1;/p-1. The lowest BCUT2D eigenvalue weighted by Gasteiger charge is -2.38. The molecule has 126 valence electrons. The summed E-state index contributed by atoms with van der Waals surface area (Å²) in [4.78, 5) is 12.3. The number of quaternary nitrogens is 1. The van der Waals surface area contributed by atoms with Gasteiger partial charge in [0.15, 0.2) is 0 Å². The van der Waals surface area contributed by atoms with Gasteiger partial charge < -0.3 is 33.2 Å². The summed E-state index contributed by atoms with van der Waals surface area (Å²) in [7, 11) is 2.29. The highest BCUT2D eigenvalue weighted by Crippen LogP contribution is 2.34. The fraction of sp³-hybridized carbons (Fsp3) is 0.941. The van der Waals surface area contributed by atoms with Crippen LogP contribution in [0.1, 0.15) is 60.3 Å². The van der Waals surface area contributed by atoms with Crippen LogP contribution in [-0.2, 0) is 9.53 Å². The largest absolute Gasteiger partial charge is 1.00 e. The number of halogens is 1. The fourth-order valence-electron chi connectivity index (χ4n) is 3.45. The van der Waals surface area contributed by atoms with Crippen LogP contribution in [0.5, 0.6) is 0 Å². The predicted octanol–water partition coefficient (Wildman–Crippen LogP) is 0.627. The molecule has 4 heteroatoms. The number of likely N-dealkylation sites (tertiary alicyclic amines) is 1. The highest BCUT2D eigenvalue weighted by Gasteiger charge is 2.34. The van der Waals surface area contributed by atoms with E-state index in [0.29, 0.717) is 6.61 Å². The summed E-state index contributed by atoms with van der Waals surface area (Å²) in [6.07, 6.45) is 4.82. The Kier molecular flexibility index (Phi) is 8.20. The second-order valence-corrected chi connectivity index (χ2v) is 8.61. The fourth-order valence-corrected chi connectivity index (χ4v) is 3.45. The molecule has 1 saturated heterocycles. The quantitative estimate of drug-likeness (QED) is 0.377. The average molecular weight is 411 g/mol. The van der Waals surface area contributed by atoms with Crippen LogP contribution in [0.4, 0.5) is 0 Å². The molecule has 0 radical (unpaired) electrons. The summed E-state index contributed by atoms with van der Waals surface area (Å²) >= 11 is 0. The molecule has 21 heavy (non-hydrogen) atoms. The van der Waals surface area contributed by atoms with Crippen LogP contribution in [0.15, 0.2) is 0 Å². The van der Waals surface area contributed by atoms with Gasteiger partial charge in [-0.25, -0.2) is 0 Å². The first-order chi connectivity index (χ1) is 9.04. The second-order valence-electron chi connectivity index (χ2n) is 8.61. The van der Waals surface area contributed by atoms with E-state index in [1.54, 1.807) is 0 Å². The Bertz CT molecular complexity index is 328. The first kappa shape index (κ1) is 21.2. The molecule has 1 aliphatic heterocycles. The van der Waals surface area contributed by atoms with E-state index in [-0.39, 0.29) is 35.4 Å². The van der Waals surface area contributed by atoms with Crippen molar-refractivity contribution in [2.45, 2.75) is 60.3 Å². The summed E-state index contributed by atoms with van der Waals surface area (Å²) in [5.74, 6) is -0.0453. The Morgan fingerprint density at radius 1 is 1.05 bits per heavy atom. The Hall–Kier alpha value is 0.160. The van der Waals surface area contributed by atoms with Gasteiger partial charge >= 0.3 is 5.97 Å². The molecule has 3 nitrogen and oxygen atoms in total. The molecular weight excluding hydrogens is 377 g/mol. The molecule has 0 atom stereocenters. The molecule has 0 bridgehead atoms. The minimum Gasteiger partial charge on any atom is -1.00 e. The Morgan fingerprint density at radius 2 is 1.57 bits per heavy atom. The highest BCUT2D eigenvalue weighted by atomic mass is 127. The number of carbonyl (C=O) groups is 1. The molecule has 1 heterocycles. The molecule has 1 aliphatic rings. The van der Waals surface area contributed by atoms with Crippen molar-refractivity contribution in [3.8, 4) is 0 Å². The second kappa shape index (κ2) is 8.14. The lowest BCUT2D eigenvalue weighted by Crippen LogP contribution is -3.00. The molecule has 0 unspecified atom stereocenters. The number of hydrogen-bond acceptors (Lipinski definition) is 2. The van der Waals surface area contributed by atoms with E-state index in [1.807, 2.05) is 13.8 Å². The molecule has 0 N–H and O–H groups in total. The Balaban J connectivity index is 0.00000400. The minimum absolute atomic E-state index is 0. The lowest BCUT2D eigenvalue weighted by molar-refractivity contribution is -0.914. The molecule has 0 aliphatic carbocycles. The van der Waals surface area contributed by atoms with E-state index >= 15 is 0 Å². The first-order valence-corrected chi connectivity index (χ1v) is 8.05. The normalized spacial score (nSPS) is 18.8. The van der Waals surface area contributed by atoms with Gasteiger partial charge in [0.2, 0.25) is 0 Å². The minimum atomic E-state index is -0.390. The van der Waals surface area contributed by atoms with E-state index in [1.165, 1.54) is 32.4 Å². The van der Waals surface area contributed by atoms with E-state index < -0.39 is 5.41 Å². The summed E-state index contributed by atoms with van der Waals surface area (Å²) in [6, 6.07) is 0. The van der Waals surface area contributed by atoms with Crippen molar-refractivity contribution in [1.82, 2.24) is 0 Å². The number of hydrogen-bond donors (Lipinski definition) is 0. The van der Waals surface area contributed by atoms with E-state index in [2.05, 4.69) is 27.8 Å². The zero-order valence-electron chi connectivity index (χ0n) is 14.8. The van der Waals surface area contributed by atoms with Crippen LogP contribution >= 0.6 is 0 Å². The van der Waals surface area contributed by atoms with Gasteiger partial charge in [0.1, 0.15) is 13.2 Å². The molecule has 0 aromatic rings. The topological polar surface area (TPSA) is 26.3 Å². The van der Waals surface area contributed by atoms with Crippen molar-refractivity contribution in [2.24, 2.45) is 10.8 Å². The van der Waals surface area contributed by atoms with Gasteiger partial charge in [-0.3, -0.25) is 4.79 Å². The highest BCUT2D eigenvalue weighted by molar-refractivity contribution is 5.75. The molecular formula is C17H34INO2. The summed E-state index contributed by atoms with van der Waals surface area (Å²) in [5, 5.41) is 0. The number of ether oxygens (including phenoxy) is 1. The number of nitrogens with zero attached hydrogens (tertiary/aromatic N) is 1. The smallest absolute Gasteiger partial charge is 0.311 e. The van der Waals surface area contributed by atoms with Crippen LogP contribution < -0.4 is 24.0 Å². The van der Waals surface area contributed by atoms with E-state index in [0.717, 1.165) is 17.4 Å². The van der Waals surface area contributed by atoms with Gasteiger partial charge in [-0.15, -0.1) is 0 Å². The molecule has 0 spiro atoms. The van der Waals surface area contributed by atoms with Crippen LogP contribution in [-0.4, -0.2) is 43.7 Å². The molecule has 1 fully saturated rings. The zero-order chi connectivity index (χ0) is 15.4.